The van der Waals surface area contributed by atoms with Gasteiger partial charge in [-0.15, -0.1) is 0 Å². The number of benzene rings is 1. The number of alkyl halides is 3. The molecule has 0 aliphatic rings. The maximum absolute atomic E-state index is 12.3. The van der Waals surface area contributed by atoms with Crippen molar-refractivity contribution in [2.24, 2.45) is 0 Å². The van der Waals surface area contributed by atoms with Gasteiger partial charge < -0.3 is 0 Å². The van der Waals surface area contributed by atoms with Gasteiger partial charge in [-0.1, -0.05) is 58.9 Å². The zero-order valence-corrected chi connectivity index (χ0v) is 14.2. The molecule has 0 bridgehead atoms. The van der Waals surface area contributed by atoms with Crippen molar-refractivity contribution < 1.29 is 21.6 Å². The Morgan fingerprint density at radius 2 is 1.32 bits per heavy atom. The van der Waals surface area contributed by atoms with Gasteiger partial charge in [-0.2, -0.15) is 13.2 Å². The molecular weight excluding hydrogens is 315 g/mol. The van der Waals surface area contributed by atoms with E-state index in [0.717, 1.165) is 11.1 Å². The van der Waals surface area contributed by atoms with Crippen molar-refractivity contribution in [2.75, 3.05) is 6.54 Å². The molecule has 3 nitrogen and oxygen atoms in total. The Morgan fingerprint density at radius 1 is 0.909 bits per heavy atom. The van der Waals surface area contributed by atoms with Crippen LogP contribution >= 0.6 is 0 Å². The second-order valence-corrected chi connectivity index (χ2v) is 8.74. The van der Waals surface area contributed by atoms with E-state index in [1.54, 1.807) is 18.6 Å². The molecule has 0 saturated carbocycles. The SMILES string of the molecule is CC(C)(C)c1ccc(C(C)(C)CNS(=O)(=O)C(F)(F)F)cc1. The van der Waals surface area contributed by atoms with Gasteiger partial charge in [0.2, 0.25) is 0 Å². The minimum absolute atomic E-state index is 0.0272. The van der Waals surface area contributed by atoms with Crippen molar-refractivity contribution in [1.29, 1.82) is 0 Å². The Kier molecular flexibility index (Phi) is 5.04. The van der Waals surface area contributed by atoms with E-state index in [2.05, 4.69) is 20.8 Å². The zero-order valence-electron chi connectivity index (χ0n) is 13.4. The molecule has 0 radical (unpaired) electrons. The van der Waals surface area contributed by atoms with E-state index in [1.165, 1.54) is 0 Å². The fraction of sp³-hybridized carbons (Fsp3) is 0.600. The maximum atomic E-state index is 12.3. The molecule has 0 aliphatic carbocycles. The van der Waals surface area contributed by atoms with Crippen LogP contribution in [0, 0.1) is 0 Å². The highest BCUT2D eigenvalue weighted by Crippen LogP contribution is 2.28. The molecule has 0 spiro atoms. The fourth-order valence-electron chi connectivity index (χ4n) is 1.88. The van der Waals surface area contributed by atoms with E-state index in [9.17, 15) is 21.6 Å². The first kappa shape index (κ1) is 19.0. The van der Waals surface area contributed by atoms with Gasteiger partial charge in [0.15, 0.2) is 0 Å². The number of hydrogen-bond donors (Lipinski definition) is 1. The Hall–Kier alpha value is -1.08. The van der Waals surface area contributed by atoms with Crippen LogP contribution in [0.15, 0.2) is 24.3 Å². The third-order valence-electron chi connectivity index (χ3n) is 3.54. The first-order valence-corrected chi connectivity index (χ1v) is 8.32. The predicted octanol–water partition coefficient (Wildman–Crippen LogP) is 3.70. The molecule has 1 aromatic rings. The molecule has 0 aromatic heterocycles. The highest BCUT2D eigenvalue weighted by atomic mass is 32.2. The van der Waals surface area contributed by atoms with Crippen LogP contribution in [-0.2, 0) is 20.9 Å². The summed E-state index contributed by atoms with van der Waals surface area (Å²) in [5, 5.41) is 0. The quantitative estimate of drug-likeness (QED) is 0.910. The Balaban J connectivity index is 2.92. The van der Waals surface area contributed by atoms with E-state index in [1.807, 2.05) is 24.3 Å². The van der Waals surface area contributed by atoms with Crippen LogP contribution < -0.4 is 4.72 Å². The second kappa shape index (κ2) is 5.85. The zero-order chi connectivity index (χ0) is 17.4. The number of halogens is 3. The minimum atomic E-state index is -5.32. The molecule has 126 valence electrons. The Morgan fingerprint density at radius 3 is 1.68 bits per heavy atom. The summed E-state index contributed by atoms with van der Waals surface area (Å²) in [5.74, 6) is 0. The van der Waals surface area contributed by atoms with E-state index in [4.69, 9.17) is 0 Å². The van der Waals surface area contributed by atoms with Crippen LogP contribution in [0.4, 0.5) is 13.2 Å². The Bertz CT molecular complexity index is 612. The van der Waals surface area contributed by atoms with Gasteiger partial charge in [-0.25, -0.2) is 13.1 Å². The van der Waals surface area contributed by atoms with Crippen molar-refractivity contribution in [3.63, 3.8) is 0 Å². The van der Waals surface area contributed by atoms with Gasteiger partial charge in [0.1, 0.15) is 0 Å². The van der Waals surface area contributed by atoms with Gasteiger partial charge in [-0.05, 0) is 16.5 Å². The van der Waals surface area contributed by atoms with Crippen LogP contribution in [0.3, 0.4) is 0 Å². The summed E-state index contributed by atoms with van der Waals surface area (Å²) < 4.78 is 60.8. The third kappa shape index (κ3) is 4.46. The van der Waals surface area contributed by atoms with Gasteiger partial charge >= 0.3 is 15.5 Å². The molecule has 0 atom stereocenters. The average Bonchev–Trinajstić information content (AvgIpc) is 2.34. The summed E-state index contributed by atoms with van der Waals surface area (Å²) in [4.78, 5) is 0. The normalized spacial score (nSPS) is 14.2. The fourth-order valence-corrected chi connectivity index (χ4v) is 2.60. The molecule has 0 saturated heterocycles. The van der Waals surface area contributed by atoms with Crippen LogP contribution in [0.25, 0.3) is 0 Å². The van der Waals surface area contributed by atoms with Crippen LogP contribution in [0.2, 0.25) is 0 Å². The lowest BCUT2D eigenvalue weighted by molar-refractivity contribution is -0.0448. The number of rotatable bonds is 4. The molecule has 0 aliphatic heterocycles. The molecule has 0 unspecified atom stereocenters. The standard InChI is InChI=1S/C15H22F3NO2S/c1-13(2,3)11-6-8-12(9-7-11)14(4,5)10-19-22(20,21)15(16,17)18/h6-9,19H,10H2,1-5H3. The second-order valence-electron chi connectivity index (χ2n) is 6.98. The topological polar surface area (TPSA) is 46.2 Å². The third-order valence-corrected chi connectivity index (χ3v) is 4.68. The van der Waals surface area contributed by atoms with Crippen molar-refractivity contribution in [3.8, 4) is 0 Å². The van der Waals surface area contributed by atoms with Crippen LogP contribution in [0.5, 0.6) is 0 Å². The minimum Gasteiger partial charge on any atom is -0.207 e. The van der Waals surface area contributed by atoms with Gasteiger partial charge in [0.25, 0.3) is 0 Å². The predicted molar refractivity (Wildman–Crippen MR) is 81.1 cm³/mol. The lowest BCUT2D eigenvalue weighted by atomic mass is 9.81. The molecule has 1 aromatic carbocycles. The highest BCUT2D eigenvalue weighted by Gasteiger charge is 2.46. The van der Waals surface area contributed by atoms with Crippen molar-refractivity contribution in [2.45, 2.75) is 51.0 Å². The smallest absolute Gasteiger partial charge is 0.207 e. The van der Waals surface area contributed by atoms with Crippen molar-refractivity contribution >= 4 is 10.0 Å². The summed E-state index contributed by atoms with van der Waals surface area (Å²) in [6.07, 6.45) is 0. The van der Waals surface area contributed by atoms with Crippen LogP contribution in [0.1, 0.15) is 45.7 Å². The first-order chi connectivity index (χ1) is 9.67. The van der Waals surface area contributed by atoms with Crippen molar-refractivity contribution in [1.82, 2.24) is 4.72 Å². The summed E-state index contributed by atoms with van der Waals surface area (Å²) in [6, 6.07) is 7.47. The van der Waals surface area contributed by atoms with E-state index in [0.29, 0.717) is 0 Å². The van der Waals surface area contributed by atoms with E-state index < -0.39 is 20.9 Å². The highest BCUT2D eigenvalue weighted by molar-refractivity contribution is 7.90. The largest absolute Gasteiger partial charge is 0.511 e. The lowest BCUT2D eigenvalue weighted by Gasteiger charge is -2.27. The Labute approximate surface area is 130 Å². The van der Waals surface area contributed by atoms with E-state index in [-0.39, 0.29) is 12.0 Å². The van der Waals surface area contributed by atoms with E-state index >= 15 is 0 Å². The first-order valence-electron chi connectivity index (χ1n) is 6.84. The van der Waals surface area contributed by atoms with Crippen molar-refractivity contribution in [3.05, 3.63) is 35.4 Å². The molecule has 7 heteroatoms. The van der Waals surface area contributed by atoms with Gasteiger partial charge in [-0.3, -0.25) is 0 Å². The van der Waals surface area contributed by atoms with Gasteiger partial charge in [0, 0.05) is 12.0 Å². The molecule has 1 N–H and O–H groups in total. The summed E-state index contributed by atoms with van der Waals surface area (Å²) in [6.45, 7) is 9.24. The maximum Gasteiger partial charge on any atom is 0.511 e. The monoisotopic (exact) mass is 337 g/mol. The summed E-state index contributed by atoms with van der Waals surface area (Å²) in [7, 11) is -5.32. The average molecular weight is 337 g/mol. The number of nitrogens with one attached hydrogen (secondary N) is 1. The molecule has 1 rings (SSSR count). The van der Waals surface area contributed by atoms with Crippen LogP contribution in [-0.4, -0.2) is 20.5 Å². The molecule has 22 heavy (non-hydrogen) atoms. The molecule has 0 heterocycles. The van der Waals surface area contributed by atoms with Gasteiger partial charge in [0.05, 0.1) is 0 Å². The number of sulfonamides is 1. The molecule has 0 fully saturated rings. The molecule has 0 amide bonds. The summed E-state index contributed by atoms with van der Waals surface area (Å²) >= 11 is 0. The summed E-state index contributed by atoms with van der Waals surface area (Å²) in [5.41, 5.74) is -4.21. The lowest BCUT2D eigenvalue weighted by Crippen LogP contribution is -2.42. The number of hydrogen-bond acceptors (Lipinski definition) is 2. The molecular formula is C15H22F3NO2S.